The minimum atomic E-state index is -0.798. The highest BCUT2D eigenvalue weighted by atomic mass is 19.1. The van der Waals surface area contributed by atoms with Crippen LogP contribution in [0.15, 0.2) is 53.6 Å². The van der Waals surface area contributed by atoms with Crippen LogP contribution in [-0.4, -0.2) is 24.8 Å². The number of carbonyl (C=O) groups excluding carboxylic acids is 1. The quantitative estimate of drug-likeness (QED) is 0.697. The van der Waals surface area contributed by atoms with Gasteiger partial charge in [-0.2, -0.15) is 5.10 Å². The van der Waals surface area contributed by atoms with E-state index in [2.05, 4.69) is 10.5 Å². The van der Waals surface area contributed by atoms with E-state index in [1.807, 2.05) is 6.07 Å². The lowest BCUT2D eigenvalue weighted by molar-refractivity contribution is -0.130. The minimum absolute atomic E-state index is 0.0953. The molecule has 0 aromatic heterocycles. The summed E-state index contributed by atoms with van der Waals surface area (Å²) in [6.45, 7) is 0.0953. The Morgan fingerprint density at radius 3 is 2.73 bits per heavy atom. The number of hydrazone groups is 1. The highest BCUT2D eigenvalue weighted by Crippen LogP contribution is 2.30. The molecule has 0 aliphatic carbocycles. The Morgan fingerprint density at radius 2 is 1.91 bits per heavy atom. The van der Waals surface area contributed by atoms with Gasteiger partial charge in [-0.3, -0.25) is 4.79 Å². The molecule has 0 saturated carbocycles. The third-order valence-corrected chi connectivity index (χ3v) is 3.08. The van der Waals surface area contributed by atoms with Gasteiger partial charge in [0.1, 0.15) is 12.4 Å². The van der Waals surface area contributed by atoms with Gasteiger partial charge in [-0.25, -0.2) is 9.82 Å². The molecule has 112 valence electrons. The first-order chi connectivity index (χ1) is 10.7. The molecule has 22 heavy (non-hydrogen) atoms. The summed E-state index contributed by atoms with van der Waals surface area (Å²) < 4.78 is 24.4. The fourth-order valence-corrected chi connectivity index (χ4v) is 1.97. The summed E-state index contributed by atoms with van der Waals surface area (Å²) >= 11 is 0. The molecule has 1 N–H and O–H groups in total. The molecule has 1 heterocycles. The molecule has 0 spiro atoms. The molecule has 2 aromatic carbocycles. The molecule has 1 amide bonds. The highest BCUT2D eigenvalue weighted by molar-refractivity contribution is 5.85. The minimum Gasteiger partial charge on any atom is -0.485 e. The second-order valence-electron chi connectivity index (χ2n) is 4.62. The van der Waals surface area contributed by atoms with E-state index in [0.29, 0.717) is 11.5 Å². The van der Waals surface area contributed by atoms with Crippen molar-refractivity contribution in [2.75, 3.05) is 6.61 Å². The summed E-state index contributed by atoms with van der Waals surface area (Å²) in [5.74, 6) is 0.238. The molecule has 3 rings (SSSR count). The van der Waals surface area contributed by atoms with Gasteiger partial charge >= 0.3 is 0 Å². The van der Waals surface area contributed by atoms with E-state index in [9.17, 15) is 9.18 Å². The Morgan fingerprint density at radius 1 is 1.18 bits per heavy atom. The van der Waals surface area contributed by atoms with Crippen LogP contribution in [0.1, 0.15) is 5.56 Å². The van der Waals surface area contributed by atoms with Gasteiger partial charge in [-0.1, -0.05) is 30.3 Å². The van der Waals surface area contributed by atoms with Crippen molar-refractivity contribution in [3.05, 3.63) is 59.9 Å². The summed E-state index contributed by atoms with van der Waals surface area (Å²) in [7, 11) is 0. The molecule has 0 unspecified atom stereocenters. The van der Waals surface area contributed by atoms with Crippen LogP contribution in [0.4, 0.5) is 4.39 Å². The fourth-order valence-electron chi connectivity index (χ4n) is 1.97. The number of nitrogens with zero attached hydrogens (tertiary/aromatic N) is 1. The van der Waals surface area contributed by atoms with Crippen LogP contribution < -0.4 is 14.9 Å². The smallest absolute Gasteiger partial charge is 0.284 e. The van der Waals surface area contributed by atoms with Crippen molar-refractivity contribution in [2.45, 2.75) is 6.10 Å². The van der Waals surface area contributed by atoms with Crippen LogP contribution >= 0.6 is 0 Å². The number of fused-ring (bicyclic) bond motifs is 1. The van der Waals surface area contributed by atoms with E-state index in [1.54, 1.807) is 36.4 Å². The summed E-state index contributed by atoms with van der Waals surface area (Å²) in [4.78, 5) is 12.0. The van der Waals surface area contributed by atoms with Gasteiger partial charge in [-0.15, -0.1) is 0 Å². The molecule has 1 atom stereocenters. The summed E-state index contributed by atoms with van der Waals surface area (Å²) in [5, 5.41) is 3.73. The molecule has 1 aliphatic rings. The summed E-state index contributed by atoms with van der Waals surface area (Å²) in [6, 6.07) is 13.2. The first kappa shape index (κ1) is 14.1. The highest BCUT2D eigenvalue weighted by Gasteiger charge is 2.26. The zero-order chi connectivity index (χ0) is 15.4. The Kier molecular flexibility index (Phi) is 4.00. The van der Waals surface area contributed by atoms with Crippen LogP contribution in [0.5, 0.6) is 11.5 Å². The van der Waals surface area contributed by atoms with Crippen LogP contribution in [-0.2, 0) is 4.79 Å². The van der Waals surface area contributed by atoms with E-state index in [4.69, 9.17) is 9.47 Å². The number of amides is 1. The van der Waals surface area contributed by atoms with E-state index < -0.39 is 17.8 Å². The van der Waals surface area contributed by atoms with E-state index >= 15 is 0 Å². The monoisotopic (exact) mass is 300 g/mol. The van der Waals surface area contributed by atoms with Crippen molar-refractivity contribution >= 4 is 12.1 Å². The van der Waals surface area contributed by atoms with Gasteiger partial charge in [0.2, 0.25) is 6.10 Å². The van der Waals surface area contributed by atoms with Crippen molar-refractivity contribution in [3.63, 3.8) is 0 Å². The van der Waals surface area contributed by atoms with Crippen LogP contribution in [0.25, 0.3) is 0 Å². The molecule has 1 aliphatic heterocycles. The Labute approximate surface area is 126 Å². The van der Waals surface area contributed by atoms with Crippen LogP contribution in [0.2, 0.25) is 0 Å². The van der Waals surface area contributed by atoms with Gasteiger partial charge < -0.3 is 9.47 Å². The number of ether oxygens (including phenoxy) is 2. The molecule has 6 heteroatoms. The Hall–Kier alpha value is -2.89. The second-order valence-corrected chi connectivity index (χ2v) is 4.62. The molecule has 0 saturated heterocycles. The van der Waals surface area contributed by atoms with Gasteiger partial charge in [0, 0.05) is 5.56 Å². The number of benzene rings is 2. The molecule has 0 fully saturated rings. The third kappa shape index (κ3) is 3.06. The van der Waals surface area contributed by atoms with Crippen molar-refractivity contribution in [2.24, 2.45) is 5.10 Å². The van der Waals surface area contributed by atoms with Crippen molar-refractivity contribution in [1.29, 1.82) is 0 Å². The zero-order valence-electron chi connectivity index (χ0n) is 11.5. The number of carbonyl (C=O) groups is 1. The van der Waals surface area contributed by atoms with Gasteiger partial charge in [0.05, 0.1) is 6.21 Å². The topological polar surface area (TPSA) is 59.9 Å². The van der Waals surface area contributed by atoms with E-state index in [1.165, 1.54) is 12.3 Å². The SMILES string of the molecule is O=C(N/N=C/c1ccccc1F)[C@@H]1COc2ccccc2O1. The van der Waals surface area contributed by atoms with Gasteiger partial charge in [0.25, 0.3) is 5.91 Å². The number of hydrogen-bond acceptors (Lipinski definition) is 4. The maximum absolute atomic E-state index is 13.4. The fraction of sp³-hybridized carbons (Fsp3) is 0.125. The van der Waals surface area contributed by atoms with Crippen molar-refractivity contribution in [1.82, 2.24) is 5.43 Å². The largest absolute Gasteiger partial charge is 0.485 e. The number of rotatable bonds is 3. The second kappa shape index (κ2) is 6.26. The van der Waals surface area contributed by atoms with Gasteiger partial charge in [0.15, 0.2) is 11.5 Å². The third-order valence-electron chi connectivity index (χ3n) is 3.08. The number of nitrogens with one attached hydrogen (secondary N) is 1. The number of hydrogen-bond donors (Lipinski definition) is 1. The Bertz CT molecular complexity index is 718. The van der Waals surface area contributed by atoms with Crippen molar-refractivity contribution < 1.29 is 18.7 Å². The predicted octanol–water partition coefficient (Wildman–Crippen LogP) is 2.12. The summed E-state index contributed by atoms with van der Waals surface area (Å²) in [5.41, 5.74) is 2.60. The molecule has 2 aromatic rings. The van der Waals surface area contributed by atoms with Gasteiger partial charge in [-0.05, 0) is 18.2 Å². The average molecular weight is 300 g/mol. The van der Waals surface area contributed by atoms with Crippen LogP contribution in [0.3, 0.4) is 0 Å². The van der Waals surface area contributed by atoms with E-state index in [-0.39, 0.29) is 12.2 Å². The van der Waals surface area contributed by atoms with E-state index in [0.717, 1.165) is 0 Å². The molecule has 0 radical (unpaired) electrons. The predicted molar refractivity (Wildman–Crippen MR) is 78.5 cm³/mol. The first-order valence-corrected chi connectivity index (χ1v) is 6.70. The zero-order valence-corrected chi connectivity index (χ0v) is 11.5. The maximum Gasteiger partial charge on any atom is 0.284 e. The molecule has 0 bridgehead atoms. The van der Waals surface area contributed by atoms with Crippen LogP contribution in [0, 0.1) is 5.82 Å². The lowest BCUT2D eigenvalue weighted by Crippen LogP contribution is -2.42. The molecular weight excluding hydrogens is 287 g/mol. The number of halogens is 1. The average Bonchev–Trinajstić information content (AvgIpc) is 2.56. The standard InChI is InChI=1S/C16H13FN2O3/c17-12-6-2-1-5-11(12)9-18-19-16(20)15-10-21-13-7-3-4-8-14(13)22-15/h1-9,15H,10H2,(H,19,20)/b18-9+/t15-/m0/s1. The normalized spacial score (nSPS) is 16.5. The number of para-hydroxylation sites is 2. The lowest BCUT2D eigenvalue weighted by atomic mass is 10.2. The van der Waals surface area contributed by atoms with Crippen molar-refractivity contribution in [3.8, 4) is 11.5 Å². The lowest BCUT2D eigenvalue weighted by Gasteiger charge is -2.24. The maximum atomic E-state index is 13.4. The molecule has 5 nitrogen and oxygen atoms in total. The first-order valence-electron chi connectivity index (χ1n) is 6.70. The summed E-state index contributed by atoms with van der Waals surface area (Å²) in [6.07, 6.45) is 0.442. The molecular formula is C16H13FN2O3. The Balaban J connectivity index is 1.60.